The second-order valence-electron chi connectivity index (χ2n) is 6.13. The van der Waals surface area contributed by atoms with Gasteiger partial charge in [0.05, 0.1) is 18.1 Å². The minimum Gasteiger partial charge on any atom is -0.497 e. The van der Waals surface area contributed by atoms with Gasteiger partial charge in [-0.2, -0.15) is 4.98 Å². The third-order valence-corrected chi connectivity index (χ3v) is 4.18. The van der Waals surface area contributed by atoms with Crippen LogP contribution in [0.2, 0.25) is 0 Å². The molecule has 0 fully saturated rings. The standard InChI is InChI=1S/C19H17N5O4/c1-27-13-5-2-11(3-6-13)18-23-17(28-24-18)9-8-16(25)20-12-4-7-14-15(10-12)22-19(26)21-14/h2-7,10H,8-9H2,1H3,(H,20,25)(H2,21,22,26). The van der Waals surface area contributed by atoms with E-state index in [1.807, 2.05) is 24.3 Å². The Morgan fingerprint density at radius 3 is 2.71 bits per heavy atom. The summed E-state index contributed by atoms with van der Waals surface area (Å²) in [6, 6.07) is 12.4. The number of aryl methyl sites for hydroxylation is 1. The van der Waals surface area contributed by atoms with Gasteiger partial charge in [-0.1, -0.05) is 5.16 Å². The molecule has 2 heterocycles. The van der Waals surface area contributed by atoms with Gasteiger partial charge < -0.3 is 24.5 Å². The Kier molecular flexibility index (Phi) is 4.63. The first-order valence-corrected chi connectivity index (χ1v) is 8.59. The number of amides is 1. The molecule has 28 heavy (non-hydrogen) atoms. The maximum absolute atomic E-state index is 12.2. The second kappa shape index (κ2) is 7.39. The molecule has 4 aromatic rings. The lowest BCUT2D eigenvalue weighted by Gasteiger charge is -2.04. The van der Waals surface area contributed by atoms with Crippen molar-refractivity contribution < 1.29 is 14.1 Å². The van der Waals surface area contributed by atoms with E-state index >= 15 is 0 Å². The molecule has 0 aliphatic heterocycles. The Morgan fingerprint density at radius 2 is 1.93 bits per heavy atom. The van der Waals surface area contributed by atoms with Gasteiger partial charge in [-0.05, 0) is 42.5 Å². The molecule has 142 valence electrons. The number of nitrogens with zero attached hydrogens (tertiary/aromatic N) is 2. The molecule has 4 rings (SSSR count). The third kappa shape index (κ3) is 3.78. The van der Waals surface area contributed by atoms with E-state index in [0.29, 0.717) is 34.9 Å². The minimum absolute atomic E-state index is 0.186. The van der Waals surface area contributed by atoms with Crippen molar-refractivity contribution in [2.45, 2.75) is 12.8 Å². The third-order valence-electron chi connectivity index (χ3n) is 4.18. The van der Waals surface area contributed by atoms with Crippen LogP contribution in [0, 0.1) is 0 Å². The number of rotatable bonds is 6. The lowest BCUT2D eigenvalue weighted by Crippen LogP contribution is -2.12. The summed E-state index contributed by atoms with van der Waals surface area (Å²) >= 11 is 0. The predicted octanol–water partition coefficient (Wildman–Crippen LogP) is 2.49. The summed E-state index contributed by atoms with van der Waals surface area (Å²) in [5.41, 5.74) is 2.41. The molecule has 9 heteroatoms. The number of methoxy groups -OCH3 is 1. The SMILES string of the molecule is COc1ccc(-c2noc(CCC(=O)Nc3ccc4[nH]c(=O)[nH]c4c3)n2)cc1. The molecule has 0 aliphatic carbocycles. The molecule has 2 aromatic heterocycles. The van der Waals surface area contributed by atoms with Crippen molar-refractivity contribution in [3.8, 4) is 17.1 Å². The minimum atomic E-state index is -0.289. The number of aromatic amines is 2. The van der Waals surface area contributed by atoms with E-state index in [1.165, 1.54) is 0 Å². The van der Waals surface area contributed by atoms with Crippen LogP contribution in [0.25, 0.3) is 22.4 Å². The average molecular weight is 379 g/mol. The molecule has 2 aromatic carbocycles. The number of fused-ring (bicyclic) bond motifs is 1. The second-order valence-corrected chi connectivity index (χ2v) is 6.13. The van der Waals surface area contributed by atoms with Crippen LogP contribution in [-0.4, -0.2) is 33.1 Å². The molecule has 0 saturated carbocycles. The molecule has 0 radical (unpaired) electrons. The fourth-order valence-electron chi connectivity index (χ4n) is 2.77. The van der Waals surface area contributed by atoms with Gasteiger partial charge in [0, 0.05) is 24.1 Å². The van der Waals surface area contributed by atoms with Gasteiger partial charge in [0.2, 0.25) is 17.6 Å². The van der Waals surface area contributed by atoms with Gasteiger partial charge in [0.15, 0.2) is 0 Å². The number of hydrogen-bond donors (Lipinski definition) is 3. The Hall–Kier alpha value is -3.88. The van der Waals surface area contributed by atoms with Crippen LogP contribution in [0.3, 0.4) is 0 Å². The van der Waals surface area contributed by atoms with Crippen LogP contribution in [0.15, 0.2) is 51.8 Å². The molecule has 0 spiro atoms. The van der Waals surface area contributed by atoms with E-state index in [0.717, 1.165) is 11.3 Å². The zero-order chi connectivity index (χ0) is 19.5. The summed E-state index contributed by atoms with van der Waals surface area (Å²) in [7, 11) is 1.60. The van der Waals surface area contributed by atoms with Crippen LogP contribution < -0.4 is 15.7 Å². The zero-order valence-corrected chi connectivity index (χ0v) is 15.0. The van der Waals surface area contributed by atoms with Crippen molar-refractivity contribution in [2.75, 3.05) is 12.4 Å². The molecule has 0 saturated heterocycles. The Morgan fingerprint density at radius 1 is 1.14 bits per heavy atom. The van der Waals surface area contributed by atoms with Crippen LogP contribution >= 0.6 is 0 Å². The number of benzene rings is 2. The summed E-state index contributed by atoms with van der Waals surface area (Å²) < 4.78 is 10.3. The fourth-order valence-corrected chi connectivity index (χ4v) is 2.77. The monoisotopic (exact) mass is 379 g/mol. The number of ether oxygens (including phenoxy) is 1. The number of hydrogen-bond acceptors (Lipinski definition) is 6. The summed E-state index contributed by atoms with van der Waals surface area (Å²) in [4.78, 5) is 33.1. The Labute approximate surface area is 158 Å². The first kappa shape index (κ1) is 17.5. The van der Waals surface area contributed by atoms with Crippen LogP contribution in [0.5, 0.6) is 5.75 Å². The maximum Gasteiger partial charge on any atom is 0.323 e. The normalized spacial score (nSPS) is 10.9. The molecule has 0 atom stereocenters. The number of aromatic nitrogens is 4. The number of nitrogens with one attached hydrogen (secondary N) is 3. The van der Waals surface area contributed by atoms with E-state index in [2.05, 4.69) is 25.4 Å². The van der Waals surface area contributed by atoms with Crippen molar-refractivity contribution in [1.82, 2.24) is 20.1 Å². The van der Waals surface area contributed by atoms with Gasteiger partial charge in [-0.25, -0.2) is 4.79 Å². The topological polar surface area (TPSA) is 126 Å². The van der Waals surface area contributed by atoms with Crippen molar-refractivity contribution in [2.24, 2.45) is 0 Å². The summed E-state index contributed by atoms with van der Waals surface area (Å²) in [5.74, 6) is 1.39. The largest absolute Gasteiger partial charge is 0.497 e. The number of imidazole rings is 1. The number of carbonyl (C=O) groups excluding carboxylic acids is 1. The highest BCUT2D eigenvalue weighted by Crippen LogP contribution is 2.20. The van der Waals surface area contributed by atoms with E-state index in [-0.39, 0.29) is 18.0 Å². The van der Waals surface area contributed by atoms with Crippen molar-refractivity contribution >= 4 is 22.6 Å². The molecule has 1 amide bonds. The van der Waals surface area contributed by atoms with E-state index < -0.39 is 0 Å². The van der Waals surface area contributed by atoms with Gasteiger partial charge >= 0.3 is 5.69 Å². The highest BCUT2D eigenvalue weighted by atomic mass is 16.5. The van der Waals surface area contributed by atoms with Crippen molar-refractivity contribution in [3.05, 3.63) is 58.8 Å². The first-order valence-electron chi connectivity index (χ1n) is 8.59. The highest BCUT2D eigenvalue weighted by molar-refractivity contribution is 5.93. The molecule has 0 bridgehead atoms. The summed E-state index contributed by atoms with van der Waals surface area (Å²) in [6.07, 6.45) is 0.504. The van der Waals surface area contributed by atoms with Crippen LogP contribution in [-0.2, 0) is 11.2 Å². The van der Waals surface area contributed by atoms with Crippen molar-refractivity contribution in [3.63, 3.8) is 0 Å². The molecule has 0 unspecified atom stereocenters. The molecular formula is C19H17N5O4. The molecule has 3 N–H and O–H groups in total. The van der Waals surface area contributed by atoms with Crippen molar-refractivity contribution in [1.29, 1.82) is 0 Å². The van der Waals surface area contributed by atoms with Crippen LogP contribution in [0.1, 0.15) is 12.3 Å². The van der Waals surface area contributed by atoms with Gasteiger partial charge in [0.25, 0.3) is 0 Å². The zero-order valence-electron chi connectivity index (χ0n) is 15.0. The van der Waals surface area contributed by atoms with Gasteiger partial charge in [-0.15, -0.1) is 0 Å². The molecule has 9 nitrogen and oxygen atoms in total. The Balaban J connectivity index is 1.36. The first-order chi connectivity index (χ1) is 13.6. The van der Waals surface area contributed by atoms with Gasteiger partial charge in [-0.3, -0.25) is 4.79 Å². The lowest BCUT2D eigenvalue weighted by atomic mass is 10.2. The Bertz CT molecular complexity index is 1170. The van der Waals surface area contributed by atoms with Crippen LogP contribution in [0.4, 0.5) is 5.69 Å². The predicted molar refractivity (Wildman–Crippen MR) is 102 cm³/mol. The maximum atomic E-state index is 12.2. The number of H-pyrrole nitrogens is 2. The highest BCUT2D eigenvalue weighted by Gasteiger charge is 2.11. The number of anilines is 1. The average Bonchev–Trinajstić information content (AvgIpc) is 3.32. The van der Waals surface area contributed by atoms with Gasteiger partial charge in [0.1, 0.15) is 5.75 Å². The van der Waals surface area contributed by atoms with E-state index in [4.69, 9.17) is 9.26 Å². The molecular weight excluding hydrogens is 362 g/mol. The molecule has 0 aliphatic rings. The van der Waals surface area contributed by atoms with E-state index in [9.17, 15) is 9.59 Å². The quantitative estimate of drug-likeness (QED) is 0.472. The number of carbonyl (C=O) groups is 1. The fraction of sp³-hybridized carbons (Fsp3) is 0.158. The summed E-state index contributed by atoms with van der Waals surface area (Å²) in [6.45, 7) is 0. The summed E-state index contributed by atoms with van der Waals surface area (Å²) in [5, 5.41) is 6.73. The lowest BCUT2D eigenvalue weighted by molar-refractivity contribution is -0.116. The van der Waals surface area contributed by atoms with E-state index in [1.54, 1.807) is 25.3 Å². The smallest absolute Gasteiger partial charge is 0.323 e.